The summed E-state index contributed by atoms with van der Waals surface area (Å²) in [5.41, 5.74) is 3.28. The van der Waals surface area contributed by atoms with E-state index in [1.54, 1.807) is 6.92 Å². The second-order valence-corrected chi connectivity index (χ2v) is 4.00. The van der Waals surface area contributed by atoms with Gasteiger partial charge >= 0.3 is 0 Å². The van der Waals surface area contributed by atoms with Crippen LogP contribution in [-0.2, 0) is 0 Å². The number of carbonyl (C=O) groups excluding carboxylic acids is 1. The van der Waals surface area contributed by atoms with Crippen molar-refractivity contribution in [2.75, 3.05) is 0 Å². The minimum Gasteiger partial charge on any atom is -0.294 e. The van der Waals surface area contributed by atoms with Gasteiger partial charge in [-0.3, -0.25) is 4.79 Å². The Labute approximate surface area is 86.3 Å². The molecule has 1 aromatic carbocycles. The van der Waals surface area contributed by atoms with E-state index in [-0.39, 0.29) is 5.78 Å². The molecule has 0 atom stereocenters. The molecule has 0 bridgehead atoms. The Balaban J connectivity index is 3.36. The summed E-state index contributed by atoms with van der Waals surface area (Å²) in [6.07, 6.45) is 0. The third-order valence-corrected chi connectivity index (χ3v) is 3.43. The average molecular weight is 274 g/mol. The summed E-state index contributed by atoms with van der Waals surface area (Å²) in [5, 5.41) is 0. The first kappa shape index (κ1) is 9.71. The van der Waals surface area contributed by atoms with Crippen molar-refractivity contribution in [3.8, 4) is 0 Å². The maximum atomic E-state index is 11.1. The van der Waals surface area contributed by atoms with Gasteiger partial charge in [-0.1, -0.05) is 12.1 Å². The maximum Gasteiger partial charge on any atom is 0.160 e. The van der Waals surface area contributed by atoms with Crippen molar-refractivity contribution < 1.29 is 4.79 Å². The molecule has 0 unspecified atom stereocenters. The Kier molecular flexibility index (Phi) is 2.88. The fourth-order valence-corrected chi connectivity index (χ4v) is 2.04. The van der Waals surface area contributed by atoms with E-state index in [9.17, 15) is 4.79 Å². The van der Waals surface area contributed by atoms with Crippen LogP contribution in [0.3, 0.4) is 0 Å². The van der Waals surface area contributed by atoms with Crippen molar-refractivity contribution >= 4 is 28.4 Å². The van der Waals surface area contributed by atoms with Gasteiger partial charge in [0, 0.05) is 9.13 Å². The largest absolute Gasteiger partial charge is 0.294 e. The van der Waals surface area contributed by atoms with Crippen molar-refractivity contribution in [3.63, 3.8) is 0 Å². The number of carbonyl (C=O) groups is 1. The number of ketones is 1. The van der Waals surface area contributed by atoms with E-state index in [1.807, 2.05) is 19.1 Å². The van der Waals surface area contributed by atoms with Gasteiger partial charge in [-0.05, 0) is 54.5 Å². The monoisotopic (exact) mass is 274 g/mol. The first-order valence-corrected chi connectivity index (χ1v) is 4.88. The molecule has 1 nitrogen and oxygen atoms in total. The highest BCUT2D eigenvalue weighted by atomic mass is 127. The first-order chi connectivity index (χ1) is 5.54. The zero-order chi connectivity index (χ0) is 9.30. The second-order valence-electron chi connectivity index (χ2n) is 2.93. The molecule has 0 saturated heterocycles. The van der Waals surface area contributed by atoms with Crippen LogP contribution in [0.2, 0.25) is 0 Å². The third-order valence-electron chi connectivity index (χ3n) is 2.04. The molecule has 1 aromatic rings. The van der Waals surface area contributed by atoms with Crippen LogP contribution in [0, 0.1) is 17.4 Å². The molecular weight excluding hydrogens is 263 g/mol. The van der Waals surface area contributed by atoms with Gasteiger partial charge < -0.3 is 0 Å². The fourth-order valence-electron chi connectivity index (χ4n) is 1.05. The van der Waals surface area contributed by atoms with Gasteiger partial charge in [0.2, 0.25) is 0 Å². The number of halogens is 1. The van der Waals surface area contributed by atoms with Crippen molar-refractivity contribution in [3.05, 3.63) is 32.4 Å². The number of benzene rings is 1. The zero-order valence-electron chi connectivity index (χ0n) is 7.44. The van der Waals surface area contributed by atoms with Crippen molar-refractivity contribution in [1.29, 1.82) is 0 Å². The molecule has 0 spiro atoms. The van der Waals surface area contributed by atoms with E-state index in [2.05, 4.69) is 29.5 Å². The van der Waals surface area contributed by atoms with Gasteiger partial charge in [-0.25, -0.2) is 0 Å². The average Bonchev–Trinajstić information content (AvgIpc) is 2.00. The summed E-state index contributed by atoms with van der Waals surface area (Å²) in [6, 6.07) is 3.89. The third kappa shape index (κ3) is 1.68. The molecule has 0 saturated carbocycles. The van der Waals surface area contributed by atoms with Crippen molar-refractivity contribution in [2.45, 2.75) is 20.8 Å². The number of rotatable bonds is 1. The Morgan fingerprint density at radius 2 is 1.92 bits per heavy atom. The predicted octanol–water partition coefficient (Wildman–Crippen LogP) is 3.11. The molecule has 12 heavy (non-hydrogen) atoms. The highest BCUT2D eigenvalue weighted by Crippen LogP contribution is 2.20. The van der Waals surface area contributed by atoms with E-state index in [1.165, 1.54) is 11.1 Å². The molecule has 2 heteroatoms. The van der Waals surface area contributed by atoms with E-state index >= 15 is 0 Å². The smallest absolute Gasteiger partial charge is 0.160 e. The topological polar surface area (TPSA) is 17.1 Å². The normalized spacial score (nSPS) is 10.0. The molecule has 0 N–H and O–H groups in total. The van der Waals surface area contributed by atoms with Crippen LogP contribution in [0.1, 0.15) is 28.4 Å². The summed E-state index contributed by atoms with van der Waals surface area (Å²) in [5.74, 6) is 0.141. The molecule has 1 rings (SSSR count). The second kappa shape index (κ2) is 3.56. The molecular formula is C10H11IO. The fraction of sp³-hybridized carbons (Fsp3) is 0.300. The van der Waals surface area contributed by atoms with Crippen LogP contribution in [-0.4, -0.2) is 5.78 Å². The lowest BCUT2D eigenvalue weighted by Crippen LogP contribution is -1.99. The number of aryl methyl sites for hydroxylation is 1. The highest BCUT2D eigenvalue weighted by Gasteiger charge is 2.07. The number of Topliss-reactive ketones (excluding diaryl/α,β-unsaturated/α-hetero) is 1. The van der Waals surface area contributed by atoms with Crippen molar-refractivity contribution in [1.82, 2.24) is 0 Å². The molecule has 0 aromatic heterocycles. The summed E-state index contributed by atoms with van der Waals surface area (Å²) in [7, 11) is 0. The Morgan fingerprint density at radius 3 is 2.42 bits per heavy atom. The molecule has 0 aliphatic rings. The molecule has 64 valence electrons. The van der Waals surface area contributed by atoms with Gasteiger partial charge in [-0.15, -0.1) is 0 Å². The van der Waals surface area contributed by atoms with Crippen LogP contribution in [0.4, 0.5) is 0 Å². The minimum absolute atomic E-state index is 0.141. The van der Waals surface area contributed by atoms with Gasteiger partial charge in [0.15, 0.2) is 5.78 Å². The van der Waals surface area contributed by atoms with Crippen LogP contribution in [0.25, 0.3) is 0 Å². The van der Waals surface area contributed by atoms with E-state index in [4.69, 9.17) is 0 Å². The maximum absolute atomic E-state index is 11.1. The molecule has 0 fully saturated rings. The summed E-state index contributed by atoms with van der Waals surface area (Å²) in [6.45, 7) is 5.71. The van der Waals surface area contributed by atoms with Gasteiger partial charge in [-0.2, -0.15) is 0 Å². The molecule has 0 amide bonds. The zero-order valence-corrected chi connectivity index (χ0v) is 9.60. The predicted molar refractivity (Wildman–Crippen MR) is 58.6 cm³/mol. The Hall–Kier alpha value is -0.380. The molecule has 0 heterocycles. The summed E-state index contributed by atoms with van der Waals surface area (Å²) < 4.78 is 1.08. The number of hydrogen-bond acceptors (Lipinski definition) is 1. The van der Waals surface area contributed by atoms with E-state index in [0.29, 0.717) is 0 Å². The molecule has 0 aliphatic carbocycles. The lowest BCUT2D eigenvalue weighted by atomic mass is 10.0. The van der Waals surface area contributed by atoms with Crippen molar-refractivity contribution in [2.24, 2.45) is 0 Å². The van der Waals surface area contributed by atoms with Gasteiger partial charge in [0.05, 0.1) is 0 Å². The lowest BCUT2D eigenvalue weighted by molar-refractivity contribution is 0.101. The van der Waals surface area contributed by atoms with E-state index < -0.39 is 0 Å². The standard InChI is InChI=1S/C10H11IO/c1-6-4-5-9(8(3)12)10(11)7(6)2/h4-5H,1-3H3. The quantitative estimate of drug-likeness (QED) is 0.568. The number of hydrogen-bond donors (Lipinski definition) is 0. The summed E-state index contributed by atoms with van der Waals surface area (Å²) in [4.78, 5) is 11.1. The Bertz CT molecular complexity index is 329. The summed E-state index contributed by atoms with van der Waals surface area (Å²) >= 11 is 2.22. The van der Waals surface area contributed by atoms with Crippen LogP contribution >= 0.6 is 22.6 Å². The minimum atomic E-state index is 0.141. The Morgan fingerprint density at radius 1 is 1.33 bits per heavy atom. The van der Waals surface area contributed by atoms with Gasteiger partial charge in [0.25, 0.3) is 0 Å². The van der Waals surface area contributed by atoms with E-state index in [0.717, 1.165) is 9.13 Å². The van der Waals surface area contributed by atoms with Crippen LogP contribution in [0.15, 0.2) is 12.1 Å². The highest BCUT2D eigenvalue weighted by molar-refractivity contribution is 14.1. The van der Waals surface area contributed by atoms with Crippen LogP contribution < -0.4 is 0 Å². The molecule has 0 radical (unpaired) electrons. The van der Waals surface area contributed by atoms with Crippen LogP contribution in [0.5, 0.6) is 0 Å². The van der Waals surface area contributed by atoms with Gasteiger partial charge in [0.1, 0.15) is 0 Å². The molecule has 0 aliphatic heterocycles. The first-order valence-electron chi connectivity index (χ1n) is 3.80. The lowest BCUT2D eigenvalue weighted by Gasteiger charge is -2.06. The SMILES string of the molecule is CC(=O)c1ccc(C)c(C)c1I.